The molecule has 0 aromatic heterocycles. The topological polar surface area (TPSA) is 20.2 Å². The average molecular weight is 427 g/mol. The Morgan fingerprint density at radius 2 is 1.35 bits per heavy atom. The van der Waals surface area contributed by atoms with E-state index in [2.05, 4.69) is 55.4 Å². The van der Waals surface area contributed by atoms with Gasteiger partial charge in [0.1, 0.15) is 0 Å². The maximum absolute atomic E-state index is 10.9. The molecular weight excluding hydrogens is 376 g/mol. The zero-order chi connectivity index (χ0) is 22.6. The minimum Gasteiger partial charge on any atom is -0.393 e. The largest absolute Gasteiger partial charge is 0.393 e. The van der Waals surface area contributed by atoms with Gasteiger partial charge < -0.3 is 5.11 Å². The molecule has 8 atom stereocenters. The van der Waals surface area contributed by atoms with Crippen LogP contribution in [-0.2, 0) is 0 Å². The van der Waals surface area contributed by atoms with Crippen LogP contribution in [0.5, 0.6) is 0 Å². The van der Waals surface area contributed by atoms with Crippen LogP contribution in [0.15, 0.2) is 11.1 Å². The highest BCUT2D eigenvalue weighted by atomic mass is 16.3. The lowest BCUT2D eigenvalue weighted by Gasteiger charge is -2.73. The summed E-state index contributed by atoms with van der Waals surface area (Å²) in [6.45, 7) is 20.4. The minimum atomic E-state index is -0.115. The summed E-state index contributed by atoms with van der Waals surface area (Å²) in [5, 5.41) is 10.9. The first kappa shape index (κ1) is 22.5. The van der Waals surface area contributed by atoms with Crippen molar-refractivity contribution in [2.45, 2.75) is 126 Å². The Hall–Kier alpha value is -0.300. The third-order valence-electron chi connectivity index (χ3n) is 13.2. The summed E-state index contributed by atoms with van der Waals surface area (Å²) in [5.41, 5.74) is 5.57. The number of rotatable bonds is 1. The molecule has 0 aromatic carbocycles. The number of aliphatic hydroxyl groups is 1. The van der Waals surface area contributed by atoms with Crippen molar-refractivity contribution < 1.29 is 5.11 Å². The monoisotopic (exact) mass is 426 g/mol. The lowest BCUT2D eigenvalue weighted by molar-refractivity contribution is -0.239. The summed E-state index contributed by atoms with van der Waals surface area (Å²) < 4.78 is 0. The Morgan fingerprint density at radius 1 is 0.710 bits per heavy atom. The molecule has 176 valence electrons. The number of aliphatic hydroxyl groups excluding tert-OH is 1. The van der Waals surface area contributed by atoms with Gasteiger partial charge in [-0.2, -0.15) is 0 Å². The van der Waals surface area contributed by atoms with E-state index in [1.165, 1.54) is 57.8 Å². The van der Waals surface area contributed by atoms with Crippen LogP contribution >= 0.6 is 0 Å². The Kier molecular flexibility index (Phi) is 4.82. The second-order valence-corrected chi connectivity index (χ2v) is 14.6. The molecule has 0 amide bonds. The number of fused-ring (bicyclic) bond motifs is 7. The molecule has 4 saturated carbocycles. The highest BCUT2D eigenvalue weighted by Gasteiger charge is 2.69. The molecule has 1 heteroatoms. The molecule has 0 unspecified atom stereocenters. The summed E-state index contributed by atoms with van der Waals surface area (Å²) in [6, 6.07) is 0. The summed E-state index contributed by atoms with van der Waals surface area (Å²) in [4.78, 5) is 0. The van der Waals surface area contributed by atoms with Crippen molar-refractivity contribution in [3.63, 3.8) is 0 Å². The van der Waals surface area contributed by atoms with Gasteiger partial charge in [-0.3, -0.25) is 0 Å². The van der Waals surface area contributed by atoms with Crippen LogP contribution in [0.2, 0.25) is 0 Å². The molecule has 0 aliphatic heterocycles. The maximum Gasteiger partial charge on any atom is 0.0594 e. The van der Waals surface area contributed by atoms with E-state index in [4.69, 9.17) is 0 Å². The molecule has 31 heavy (non-hydrogen) atoms. The first-order valence-corrected chi connectivity index (χ1v) is 13.7. The molecule has 0 radical (unpaired) electrons. The van der Waals surface area contributed by atoms with Crippen molar-refractivity contribution >= 4 is 0 Å². The zero-order valence-electron chi connectivity index (χ0n) is 21.9. The molecule has 0 bridgehead atoms. The molecule has 5 rings (SSSR count). The first-order chi connectivity index (χ1) is 14.3. The molecule has 5 aliphatic rings. The van der Waals surface area contributed by atoms with Gasteiger partial charge in [0.05, 0.1) is 6.10 Å². The SMILES string of the molecule is CC(C)C1=C2CC[C@]3(C)[C@H](CC[C@@H]4[C@@]5(C)CC[C@H](O)C(C)(C)[C@@H]5CC[C@]43C)[C@@]2(C)CC1. The number of hydrogen-bond donors (Lipinski definition) is 1. The fraction of sp³-hybridized carbons (Fsp3) is 0.933. The van der Waals surface area contributed by atoms with E-state index in [1.807, 2.05) is 11.1 Å². The van der Waals surface area contributed by atoms with Gasteiger partial charge in [0.25, 0.3) is 0 Å². The molecule has 1 N–H and O–H groups in total. The minimum absolute atomic E-state index is 0.0676. The van der Waals surface area contributed by atoms with Gasteiger partial charge in [0.15, 0.2) is 0 Å². The summed E-state index contributed by atoms with van der Waals surface area (Å²) in [7, 11) is 0. The second kappa shape index (κ2) is 6.64. The fourth-order valence-corrected chi connectivity index (χ4v) is 11.3. The average Bonchev–Trinajstić information content (AvgIpc) is 3.03. The van der Waals surface area contributed by atoms with Crippen molar-refractivity contribution in [3.05, 3.63) is 11.1 Å². The Morgan fingerprint density at radius 3 is 2.03 bits per heavy atom. The Bertz CT molecular complexity index is 790. The highest BCUT2D eigenvalue weighted by molar-refractivity contribution is 5.35. The smallest absolute Gasteiger partial charge is 0.0594 e. The summed E-state index contributed by atoms with van der Waals surface area (Å²) in [6.07, 6.45) is 13.3. The number of allylic oxidation sites excluding steroid dienone is 2. The van der Waals surface area contributed by atoms with Crippen LogP contribution in [-0.4, -0.2) is 11.2 Å². The van der Waals surface area contributed by atoms with Crippen molar-refractivity contribution in [1.29, 1.82) is 0 Å². The predicted molar refractivity (Wildman–Crippen MR) is 131 cm³/mol. The third kappa shape index (κ3) is 2.60. The predicted octanol–water partition coefficient (Wildman–Crippen LogP) is 8.17. The van der Waals surface area contributed by atoms with E-state index in [-0.39, 0.29) is 11.5 Å². The molecule has 0 spiro atoms. The summed E-state index contributed by atoms with van der Waals surface area (Å²) in [5.74, 6) is 3.10. The second-order valence-electron chi connectivity index (χ2n) is 14.6. The molecule has 0 heterocycles. The first-order valence-electron chi connectivity index (χ1n) is 13.7. The summed E-state index contributed by atoms with van der Waals surface area (Å²) >= 11 is 0. The van der Waals surface area contributed by atoms with Gasteiger partial charge in [-0.1, -0.05) is 66.5 Å². The van der Waals surface area contributed by atoms with Gasteiger partial charge >= 0.3 is 0 Å². The van der Waals surface area contributed by atoms with E-state index in [9.17, 15) is 5.11 Å². The zero-order valence-corrected chi connectivity index (χ0v) is 21.9. The van der Waals surface area contributed by atoms with Crippen molar-refractivity contribution in [1.82, 2.24) is 0 Å². The van der Waals surface area contributed by atoms with Gasteiger partial charge in [-0.25, -0.2) is 0 Å². The standard InChI is InChI=1S/C30H50O/c1-19(2)20-11-15-27(5)21(20)12-17-29(7)23(27)9-10-24-28(6)16-14-25(31)26(3,4)22(28)13-18-30(24,29)8/h19,22-25,31H,9-18H2,1-8H3/t22-,23+,24+,25-,27-,28-,29+,30+/m0/s1. The van der Waals surface area contributed by atoms with E-state index >= 15 is 0 Å². The molecule has 0 aromatic rings. The molecule has 5 aliphatic carbocycles. The van der Waals surface area contributed by atoms with E-state index < -0.39 is 0 Å². The van der Waals surface area contributed by atoms with E-state index in [0.29, 0.717) is 27.6 Å². The van der Waals surface area contributed by atoms with Gasteiger partial charge in [-0.15, -0.1) is 0 Å². The third-order valence-corrected chi connectivity index (χ3v) is 13.2. The van der Waals surface area contributed by atoms with Crippen LogP contribution in [0.4, 0.5) is 0 Å². The Balaban J connectivity index is 1.55. The van der Waals surface area contributed by atoms with Crippen molar-refractivity contribution in [2.24, 2.45) is 50.7 Å². The maximum atomic E-state index is 10.9. The van der Waals surface area contributed by atoms with Gasteiger partial charge in [-0.05, 0) is 115 Å². The van der Waals surface area contributed by atoms with Crippen molar-refractivity contribution in [3.8, 4) is 0 Å². The molecular formula is C30H50O. The van der Waals surface area contributed by atoms with Crippen LogP contribution in [0.25, 0.3) is 0 Å². The van der Waals surface area contributed by atoms with E-state index in [0.717, 1.165) is 24.2 Å². The Labute approximate surface area is 192 Å². The lowest BCUT2D eigenvalue weighted by Crippen LogP contribution is -2.66. The van der Waals surface area contributed by atoms with Crippen LogP contribution in [0.1, 0.15) is 120 Å². The molecule has 0 saturated heterocycles. The van der Waals surface area contributed by atoms with Crippen LogP contribution < -0.4 is 0 Å². The quantitative estimate of drug-likeness (QED) is 0.419. The van der Waals surface area contributed by atoms with Crippen LogP contribution in [0.3, 0.4) is 0 Å². The normalized spacial score (nSPS) is 53.6. The van der Waals surface area contributed by atoms with Crippen molar-refractivity contribution in [2.75, 3.05) is 0 Å². The lowest BCUT2D eigenvalue weighted by atomic mass is 9.32. The highest BCUT2D eigenvalue weighted by Crippen LogP contribution is 2.77. The van der Waals surface area contributed by atoms with Gasteiger partial charge in [0, 0.05) is 0 Å². The van der Waals surface area contributed by atoms with E-state index in [1.54, 1.807) is 0 Å². The van der Waals surface area contributed by atoms with Gasteiger partial charge in [0.2, 0.25) is 0 Å². The van der Waals surface area contributed by atoms with Crippen LogP contribution in [0, 0.1) is 50.7 Å². The number of hydrogen-bond acceptors (Lipinski definition) is 1. The fourth-order valence-electron chi connectivity index (χ4n) is 11.3. The molecule has 1 nitrogen and oxygen atoms in total. The molecule has 4 fully saturated rings.